The van der Waals surface area contributed by atoms with Gasteiger partial charge in [0, 0.05) is 39.5 Å². The summed E-state index contributed by atoms with van der Waals surface area (Å²) < 4.78 is 0. The van der Waals surface area contributed by atoms with Crippen LogP contribution < -0.4 is 9.80 Å². The lowest BCUT2D eigenvalue weighted by Crippen LogP contribution is -2.17. The van der Waals surface area contributed by atoms with Gasteiger partial charge in [0.15, 0.2) is 0 Å². The lowest BCUT2D eigenvalue weighted by molar-refractivity contribution is 0.590. The number of hydrogen-bond acceptors (Lipinski definition) is 2. The second-order valence-electron chi connectivity index (χ2n) is 16.9. The van der Waals surface area contributed by atoms with Crippen LogP contribution in [0, 0.1) is 13.8 Å². The van der Waals surface area contributed by atoms with Gasteiger partial charge in [-0.2, -0.15) is 0 Å². The molecule has 0 saturated heterocycles. The van der Waals surface area contributed by atoms with Gasteiger partial charge in [0.2, 0.25) is 0 Å². The van der Waals surface area contributed by atoms with E-state index in [0.29, 0.717) is 0 Å². The summed E-state index contributed by atoms with van der Waals surface area (Å²) in [5, 5.41) is 5.18. The maximum atomic E-state index is 2.45. The van der Waals surface area contributed by atoms with E-state index < -0.39 is 0 Å². The van der Waals surface area contributed by atoms with Gasteiger partial charge in [-0.1, -0.05) is 126 Å². The molecule has 55 heavy (non-hydrogen) atoms. The average molecular weight is 713 g/mol. The Morgan fingerprint density at radius 1 is 0.418 bits per heavy atom. The zero-order valence-electron chi connectivity index (χ0n) is 33.0. The molecule has 0 radical (unpaired) electrons. The first kappa shape index (κ1) is 34.6. The molecule has 0 aromatic heterocycles. The number of hydrogen-bond donors (Lipinski definition) is 0. The Hall–Kier alpha value is -6.12. The molecule has 9 rings (SSSR count). The summed E-state index contributed by atoms with van der Waals surface area (Å²) in [6.45, 7) is 16.0. The van der Waals surface area contributed by atoms with Crippen molar-refractivity contribution in [1.29, 1.82) is 0 Å². The predicted octanol–water partition coefficient (Wildman–Crippen LogP) is 15.2. The standard InChI is InChI=1S/C53H48N2/c1-35-30-36(2)32-43(31-35)55(39-18-12-9-13-19-39)41-26-28-46-48(33-41)44-20-14-15-21-45(44)50-47-29-27-42(34-49(47)53(6,7)51(46)50)54(38-16-10-8-11-17-38)40-24-22-37(23-25-40)52(3,4)5/h8-34H,1-7H3. The quantitative estimate of drug-likeness (QED) is 0.158. The molecule has 0 saturated carbocycles. The van der Waals surface area contributed by atoms with E-state index in [1.54, 1.807) is 0 Å². The first-order valence-electron chi connectivity index (χ1n) is 19.5. The van der Waals surface area contributed by atoms with Crippen LogP contribution in [0.25, 0.3) is 32.7 Å². The van der Waals surface area contributed by atoms with Crippen LogP contribution >= 0.6 is 0 Å². The summed E-state index contributed by atoms with van der Waals surface area (Å²) >= 11 is 0. The van der Waals surface area contributed by atoms with E-state index in [9.17, 15) is 0 Å². The van der Waals surface area contributed by atoms with E-state index >= 15 is 0 Å². The summed E-state index contributed by atoms with van der Waals surface area (Å²) in [5.74, 6) is 0. The van der Waals surface area contributed by atoms with Gasteiger partial charge in [-0.3, -0.25) is 0 Å². The van der Waals surface area contributed by atoms with Gasteiger partial charge < -0.3 is 9.80 Å². The average Bonchev–Trinajstić information content (AvgIpc) is 3.42. The van der Waals surface area contributed by atoms with Crippen LogP contribution in [0.5, 0.6) is 0 Å². The SMILES string of the molecule is Cc1cc(C)cc(N(c2ccccc2)c2ccc3c4c(c5ccccc5c3c2)-c2ccc(N(c3ccccc3)c3ccc(C(C)(C)C)cc3)cc2C4(C)C)c1. The topological polar surface area (TPSA) is 6.48 Å². The maximum Gasteiger partial charge on any atom is 0.0468 e. The van der Waals surface area contributed by atoms with Gasteiger partial charge in [0.1, 0.15) is 0 Å². The van der Waals surface area contributed by atoms with Crippen molar-refractivity contribution in [2.45, 2.75) is 59.3 Å². The van der Waals surface area contributed by atoms with Crippen molar-refractivity contribution in [3.05, 3.63) is 192 Å². The first-order valence-corrected chi connectivity index (χ1v) is 19.5. The molecule has 0 unspecified atom stereocenters. The van der Waals surface area contributed by atoms with Gasteiger partial charge in [-0.15, -0.1) is 0 Å². The summed E-state index contributed by atoms with van der Waals surface area (Å²) in [4.78, 5) is 4.80. The molecule has 0 amide bonds. The molecule has 0 heterocycles. The Morgan fingerprint density at radius 2 is 0.927 bits per heavy atom. The molecule has 0 fully saturated rings. The smallest absolute Gasteiger partial charge is 0.0468 e. The fourth-order valence-electron chi connectivity index (χ4n) is 9.03. The van der Waals surface area contributed by atoms with Crippen LogP contribution in [0.4, 0.5) is 34.1 Å². The third-order valence-corrected chi connectivity index (χ3v) is 11.6. The zero-order valence-corrected chi connectivity index (χ0v) is 33.0. The van der Waals surface area contributed by atoms with Crippen LogP contribution in [0.15, 0.2) is 164 Å². The van der Waals surface area contributed by atoms with Crippen LogP contribution in [0.2, 0.25) is 0 Å². The second-order valence-corrected chi connectivity index (χ2v) is 16.9. The van der Waals surface area contributed by atoms with E-state index in [4.69, 9.17) is 0 Å². The minimum atomic E-state index is -0.240. The Morgan fingerprint density at radius 3 is 1.55 bits per heavy atom. The van der Waals surface area contributed by atoms with Crippen molar-refractivity contribution in [1.82, 2.24) is 0 Å². The highest BCUT2D eigenvalue weighted by atomic mass is 15.1. The predicted molar refractivity (Wildman–Crippen MR) is 237 cm³/mol. The lowest BCUT2D eigenvalue weighted by Gasteiger charge is -2.29. The van der Waals surface area contributed by atoms with Gasteiger partial charge in [-0.25, -0.2) is 0 Å². The number of para-hydroxylation sites is 2. The highest BCUT2D eigenvalue weighted by molar-refractivity contribution is 6.19. The number of rotatable bonds is 6. The minimum absolute atomic E-state index is 0.0885. The molecule has 1 aliphatic rings. The largest absolute Gasteiger partial charge is 0.310 e. The molecule has 2 nitrogen and oxygen atoms in total. The number of anilines is 6. The van der Waals surface area contributed by atoms with E-state index in [1.165, 1.54) is 66.2 Å². The molecule has 1 aliphatic carbocycles. The highest BCUT2D eigenvalue weighted by Gasteiger charge is 2.39. The molecule has 270 valence electrons. The maximum absolute atomic E-state index is 2.45. The Balaban J connectivity index is 1.23. The van der Waals surface area contributed by atoms with Gasteiger partial charge in [0.05, 0.1) is 0 Å². The van der Waals surface area contributed by atoms with Crippen molar-refractivity contribution in [2.75, 3.05) is 9.80 Å². The molecule has 0 N–H and O–H groups in total. The van der Waals surface area contributed by atoms with Gasteiger partial charge in [-0.05, 0) is 153 Å². The van der Waals surface area contributed by atoms with Crippen LogP contribution in [-0.2, 0) is 10.8 Å². The fraction of sp³-hybridized carbons (Fsp3) is 0.170. The van der Waals surface area contributed by atoms with Gasteiger partial charge in [0.25, 0.3) is 0 Å². The Kier molecular flexibility index (Phi) is 8.20. The fourth-order valence-corrected chi connectivity index (χ4v) is 9.03. The molecular formula is C53H48N2. The normalized spacial score (nSPS) is 13.1. The third-order valence-electron chi connectivity index (χ3n) is 11.6. The van der Waals surface area contributed by atoms with E-state index in [1.807, 2.05) is 0 Å². The molecule has 0 bridgehead atoms. The zero-order chi connectivity index (χ0) is 38.1. The number of aryl methyl sites for hydroxylation is 2. The first-order chi connectivity index (χ1) is 26.5. The number of fused-ring (bicyclic) bond motifs is 8. The Bertz CT molecular complexity index is 2700. The molecule has 2 heteroatoms. The van der Waals surface area contributed by atoms with Crippen molar-refractivity contribution >= 4 is 55.7 Å². The highest BCUT2D eigenvalue weighted by Crippen LogP contribution is 2.56. The monoisotopic (exact) mass is 712 g/mol. The molecule has 0 spiro atoms. The minimum Gasteiger partial charge on any atom is -0.310 e. The van der Waals surface area contributed by atoms with E-state index in [0.717, 1.165) is 28.4 Å². The van der Waals surface area contributed by atoms with Gasteiger partial charge >= 0.3 is 0 Å². The summed E-state index contributed by atoms with van der Waals surface area (Å²) in [7, 11) is 0. The molecule has 0 atom stereocenters. The van der Waals surface area contributed by atoms with Crippen molar-refractivity contribution in [3.8, 4) is 11.1 Å². The summed E-state index contributed by atoms with van der Waals surface area (Å²) in [6.07, 6.45) is 0. The lowest BCUT2D eigenvalue weighted by atomic mass is 9.79. The van der Waals surface area contributed by atoms with Crippen LogP contribution in [-0.4, -0.2) is 0 Å². The van der Waals surface area contributed by atoms with E-state index in [2.05, 4.69) is 222 Å². The number of benzene rings is 8. The Labute approximate surface area is 326 Å². The van der Waals surface area contributed by atoms with Crippen molar-refractivity contribution in [2.24, 2.45) is 0 Å². The summed E-state index contributed by atoms with van der Waals surface area (Å²) in [5.41, 5.74) is 16.1. The summed E-state index contributed by atoms with van der Waals surface area (Å²) in [6, 6.07) is 60.8. The molecule has 8 aromatic rings. The molecular weight excluding hydrogens is 665 g/mol. The van der Waals surface area contributed by atoms with Crippen molar-refractivity contribution in [3.63, 3.8) is 0 Å². The molecule has 8 aromatic carbocycles. The van der Waals surface area contributed by atoms with E-state index in [-0.39, 0.29) is 10.8 Å². The molecule has 0 aliphatic heterocycles. The number of nitrogens with zero attached hydrogens (tertiary/aromatic N) is 2. The second kappa shape index (κ2) is 13.0. The van der Waals surface area contributed by atoms with Crippen LogP contribution in [0.1, 0.15) is 62.4 Å². The van der Waals surface area contributed by atoms with Crippen LogP contribution in [0.3, 0.4) is 0 Å². The van der Waals surface area contributed by atoms with Crippen molar-refractivity contribution < 1.29 is 0 Å². The third kappa shape index (κ3) is 5.88.